The Morgan fingerprint density at radius 3 is 2.82 bits per heavy atom. The van der Waals surface area contributed by atoms with Crippen LogP contribution < -0.4 is 9.46 Å². The van der Waals surface area contributed by atoms with E-state index >= 15 is 0 Å². The Bertz CT molecular complexity index is 1440. The number of hydrogen-bond acceptors (Lipinski definition) is 9. The van der Waals surface area contributed by atoms with Gasteiger partial charge in [0.05, 0.1) is 30.6 Å². The molecular weight excluding hydrogens is 506 g/mol. The van der Waals surface area contributed by atoms with Crippen molar-refractivity contribution in [2.75, 3.05) is 38.6 Å². The molecule has 0 unspecified atom stereocenters. The third-order valence-electron chi connectivity index (χ3n) is 6.75. The minimum absolute atomic E-state index is 0.0540. The topological polar surface area (TPSA) is 131 Å². The third-order valence-corrected chi connectivity index (χ3v) is 8.11. The van der Waals surface area contributed by atoms with E-state index in [-0.39, 0.29) is 17.9 Å². The second-order valence-electron chi connectivity index (χ2n) is 9.77. The lowest BCUT2D eigenvalue weighted by molar-refractivity contribution is 0.0408. The van der Waals surface area contributed by atoms with Crippen LogP contribution >= 0.6 is 0 Å². The van der Waals surface area contributed by atoms with Crippen molar-refractivity contribution in [2.45, 2.75) is 38.8 Å². The van der Waals surface area contributed by atoms with Gasteiger partial charge in [-0.3, -0.25) is 4.90 Å². The lowest BCUT2D eigenvalue weighted by Gasteiger charge is -2.26. The van der Waals surface area contributed by atoms with Crippen LogP contribution in [0.2, 0.25) is 0 Å². The molecule has 0 saturated carbocycles. The second kappa shape index (κ2) is 11.2. The smallest absolute Gasteiger partial charge is 0.258 e. The monoisotopic (exact) mass is 537 g/mol. The maximum atomic E-state index is 12.8. The van der Waals surface area contributed by atoms with E-state index in [9.17, 15) is 13.7 Å². The van der Waals surface area contributed by atoms with Gasteiger partial charge in [-0.05, 0) is 56.0 Å². The number of sulfonamides is 1. The van der Waals surface area contributed by atoms with Crippen molar-refractivity contribution in [3.8, 4) is 34.7 Å². The van der Waals surface area contributed by atoms with Crippen molar-refractivity contribution in [2.24, 2.45) is 0 Å². The molecule has 0 bridgehead atoms. The number of nitrogens with one attached hydrogen (secondary N) is 1. The van der Waals surface area contributed by atoms with E-state index in [4.69, 9.17) is 14.0 Å². The van der Waals surface area contributed by atoms with Gasteiger partial charge < -0.3 is 14.0 Å². The number of hydrogen-bond donors (Lipinski definition) is 1. The molecule has 0 spiro atoms. The first-order valence-corrected chi connectivity index (χ1v) is 14.5. The van der Waals surface area contributed by atoms with Gasteiger partial charge in [0, 0.05) is 36.8 Å². The minimum atomic E-state index is -3.45. The molecule has 1 saturated heterocycles. The summed E-state index contributed by atoms with van der Waals surface area (Å²) in [6.07, 6.45) is 1.31. The second-order valence-corrected chi connectivity index (χ2v) is 11.6. The predicted molar refractivity (Wildman–Crippen MR) is 141 cm³/mol. The molecule has 38 heavy (non-hydrogen) atoms. The third kappa shape index (κ3) is 5.89. The summed E-state index contributed by atoms with van der Waals surface area (Å²) < 4.78 is 45.2. The lowest BCUT2D eigenvalue weighted by atomic mass is 10.0. The van der Waals surface area contributed by atoms with Gasteiger partial charge in [0.2, 0.25) is 15.8 Å². The van der Waals surface area contributed by atoms with E-state index in [1.54, 1.807) is 18.2 Å². The van der Waals surface area contributed by atoms with Crippen LogP contribution in [0.25, 0.3) is 22.8 Å². The summed E-state index contributed by atoms with van der Waals surface area (Å²) in [5, 5.41) is 13.7. The number of rotatable bonds is 9. The highest BCUT2D eigenvalue weighted by Crippen LogP contribution is 2.38. The lowest BCUT2D eigenvalue weighted by Crippen LogP contribution is -2.41. The molecule has 2 aromatic carbocycles. The Labute approximate surface area is 222 Å². The number of ether oxygens (including phenoxy) is 2. The molecule has 10 nitrogen and oxygen atoms in total. The van der Waals surface area contributed by atoms with Gasteiger partial charge in [0.15, 0.2) is 0 Å². The van der Waals surface area contributed by atoms with E-state index in [0.29, 0.717) is 61.2 Å². The fraction of sp³-hybridized carbons (Fsp3) is 0.444. The molecule has 2 heterocycles. The van der Waals surface area contributed by atoms with Gasteiger partial charge >= 0.3 is 0 Å². The summed E-state index contributed by atoms with van der Waals surface area (Å²) in [6.45, 7) is 7.08. The summed E-state index contributed by atoms with van der Waals surface area (Å²) >= 11 is 0. The molecule has 1 fully saturated rings. The van der Waals surface area contributed by atoms with Crippen molar-refractivity contribution in [1.29, 1.82) is 5.26 Å². The van der Waals surface area contributed by atoms with Crippen LogP contribution in [0.3, 0.4) is 0 Å². The normalized spacial score (nSPS) is 17.9. The van der Waals surface area contributed by atoms with Gasteiger partial charge in [0.25, 0.3) is 5.89 Å². The fourth-order valence-corrected chi connectivity index (χ4v) is 6.19. The number of nitriles is 1. The molecule has 11 heteroatoms. The van der Waals surface area contributed by atoms with Gasteiger partial charge in [-0.1, -0.05) is 23.4 Å². The van der Waals surface area contributed by atoms with E-state index in [0.717, 1.165) is 29.8 Å². The Kier molecular flexibility index (Phi) is 7.76. The summed E-state index contributed by atoms with van der Waals surface area (Å²) in [7, 11) is -3.45. The quantitative estimate of drug-likeness (QED) is 0.437. The minimum Gasteiger partial charge on any atom is -0.490 e. The molecule has 3 aromatic rings. The van der Waals surface area contributed by atoms with Gasteiger partial charge in [-0.2, -0.15) is 10.2 Å². The largest absolute Gasteiger partial charge is 0.490 e. The predicted octanol–water partition coefficient (Wildman–Crippen LogP) is 3.30. The SMILES string of the molecule is CC(C)Oc1ccc(-c2nc(-c3cccc4c3CC[C@H]4NS(=O)(=O)CCN3CCOCC3)no2)cc1C#N. The molecule has 2 aliphatic rings. The van der Waals surface area contributed by atoms with Gasteiger partial charge in [0.1, 0.15) is 11.8 Å². The number of aromatic nitrogens is 2. The van der Waals surface area contributed by atoms with Crippen molar-refractivity contribution < 1.29 is 22.4 Å². The number of fused-ring (bicyclic) bond motifs is 1. The van der Waals surface area contributed by atoms with Gasteiger partial charge in [-0.25, -0.2) is 13.1 Å². The van der Waals surface area contributed by atoms with Crippen molar-refractivity contribution in [3.63, 3.8) is 0 Å². The fourth-order valence-electron chi connectivity index (χ4n) is 4.89. The van der Waals surface area contributed by atoms with Crippen molar-refractivity contribution in [3.05, 3.63) is 53.1 Å². The average Bonchev–Trinajstić information content (AvgIpc) is 3.56. The summed E-state index contributed by atoms with van der Waals surface area (Å²) in [5.74, 6) is 1.28. The summed E-state index contributed by atoms with van der Waals surface area (Å²) in [6, 6.07) is 12.8. The van der Waals surface area contributed by atoms with E-state index in [1.165, 1.54) is 0 Å². The van der Waals surface area contributed by atoms with Crippen molar-refractivity contribution >= 4 is 10.0 Å². The van der Waals surface area contributed by atoms with E-state index < -0.39 is 10.0 Å². The Balaban J connectivity index is 1.32. The molecule has 1 N–H and O–H groups in total. The molecule has 1 aliphatic heterocycles. The van der Waals surface area contributed by atoms with E-state index in [2.05, 4.69) is 25.8 Å². The highest BCUT2D eigenvalue weighted by molar-refractivity contribution is 7.89. The summed E-state index contributed by atoms with van der Waals surface area (Å²) in [4.78, 5) is 6.71. The van der Waals surface area contributed by atoms with Crippen LogP contribution in [0.15, 0.2) is 40.9 Å². The molecular formula is C27H31N5O5S. The van der Waals surface area contributed by atoms with Crippen LogP contribution in [-0.2, 0) is 21.2 Å². The first-order valence-electron chi connectivity index (χ1n) is 12.8. The first kappa shape index (κ1) is 26.3. The highest BCUT2D eigenvalue weighted by atomic mass is 32.2. The Morgan fingerprint density at radius 1 is 1.24 bits per heavy atom. The summed E-state index contributed by atoms with van der Waals surface area (Å²) in [5.41, 5.74) is 3.77. The molecule has 0 amide bonds. The zero-order chi connectivity index (χ0) is 26.7. The number of morpholine rings is 1. The van der Waals surface area contributed by atoms with Crippen molar-refractivity contribution in [1.82, 2.24) is 19.8 Å². The standard InChI is InChI=1S/C27H31N5O5S/c1-18(2)36-25-9-6-19(16-20(25)17-28)27-29-26(30-37-27)23-5-3-4-22-21(23)7-8-24(22)31-38(33,34)15-12-32-10-13-35-14-11-32/h3-6,9,16,18,24,31H,7-8,10-15H2,1-2H3/t24-/m1/s1. The Hall–Kier alpha value is -3.30. The van der Waals surface area contributed by atoms with E-state index in [1.807, 2.05) is 32.0 Å². The first-order chi connectivity index (χ1) is 18.3. The van der Waals surface area contributed by atoms with Crippen LogP contribution in [0, 0.1) is 11.3 Å². The molecule has 5 rings (SSSR count). The molecule has 200 valence electrons. The Morgan fingerprint density at radius 2 is 2.05 bits per heavy atom. The van der Waals surface area contributed by atoms with Crippen LogP contribution in [0.5, 0.6) is 5.75 Å². The van der Waals surface area contributed by atoms with Crippen LogP contribution in [-0.4, -0.2) is 68.2 Å². The van der Waals surface area contributed by atoms with Crippen LogP contribution in [0.1, 0.15) is 43.0 Å². The molecule has 0 radical (unpaired) electrons. The molecule has 1 aromatic heterocycles. The zero-order valence-electron chi connectivity index (χ0n) is 21.5. The average molecular weight is 538 g/mol. The van der Waals surface area contributed by atoms with Gasteiger partial charge in [-0.15, -0.1) is 0 Å². The maximum Gasteiger partial charge on any atom is 0.258 e. The maximum absolute atomic E-state index is 12.8. The van der Waals surface area contributed by atoms with Crippen LogP contribution in [0.4, 0.5) is 0 Å². The number of nitrogens with zero attached hydrogens (tertiary/aromatic N) is 4. The highest BCUT2D eigenvalue weighted by Gasteiger charge is 2.30. The molecule has 1 aliphatic carbocycles. The zero-order valence-corrected chi connectivity index (χ0v) is 22.3. The molecule has 1 atom stereocenters. The number of benzene rings is 2.